The van der Waals surface area contributed by atoms with Crippen LogP contribution in [0.4, 0.5) is 11.4 Å². The van der Waals surface area contributed by atoms with E-state index < -0.39 is 0 Å². The van der Waals surface area contributed by atoms with Gasteiger partial charge >= 0.3 is 0 Å². The quantitative estimate of drug-likeness (QED) is 0.812. The molecule has 140 valence electrons. The summed E-state index contributed by atoms with van der Waals surface area (Å²) >= 11 is 0. The van der Waals surface area contributed by atoms with Crippen molar-refractivity contribution in [2.45, 2.75) is 13.3 Å². The van der Waals surface area contributed by atoms with E-state index in [0.717, 1.165) is 0 Å². The number of amides is 2. The van der Waals surface area contributed by atoms with Crippen molar-refractivity contribution >= 4 is 23.2 Å². The van der Waals surface area contributed by atoms with Crippen molar-refractivity contribution in [2.24, 2.45) is 0 Å². The minimum Gasteiger partial charge on any atom is -0.493 e. The second kappa shape index (κ2) is 9.25. The average Bonchev–Trinajstić information content (AvgIpc) is 2.68. The summed E-state index contributed by atoms with van der Waals surface area (Å²) in [5, 5.41) is 11.5. The Morgan fingerprint density at radius 2 is 1.74 bits per heavy atom. The Kier molecular flexibility index (Phi) is 6.78. The minimum atomic E-state index is -0.230. The highest BCUT2D eigenvalue weighted by atomic mass is 16.5. The van der Waals surface area contributed by atoms with Gasteiger partial charge in [0.25, 0.3) is 0 Å². The monoisotopic (exact) mass is 367 g/mol. The van der Waals surface area contributed by atoms with Crippen LogP contribution in [-0.4, -0.2) is 32.6 Å². The van der Waals surface area contributed by atoms with E-state index >= 15 is 0 Å². The molecular formula is C20H21N3O4. The lowest BCUT2D eigenvalue weighted by atomic mass is 10.2. The van der Waals surface area contributed by atoms with Crippen molar-refractivity contribution in [1.82, 2.24) is 0 Å². The summed E-state index contributed by atoms with van der Waals surface area (Å²) in [5.41, 5.74) is 1.73. The van der Waals surface area contributed by atoms with Crippen molar-refractivity contribution in [3.05, 3.63) is 48.0 Å². The van der Waals surface area contributed by atoms with Gasteiger partial charge in [0.1, 0.15) is 0 Å². The smallest absolute Gasteiger partial charge is 0.226 e. The van der Waals surface area contributed by atoms with Crippen molar-refractivity contribution < 1.29 is 19.1 Å². The molecule has 2 amide bonds. The number of carbonyl (C=O) groups excluding carboxylic acids is 2. The number of nitrogens with zero attached hydrogens (tertiary/aromatic N) is 2. The molecule has 0 aromatic heterocycles. The Labute approximate surface area is 158 Å². The number of nitriles is 1. The van der Waals surface area contributed by atoms with Crippen LogP contribution in [0.15, 0.2) is 42.5 Å². The molecule has 0 aliphatic heterocycles. The van der Waals surface area contributed by atoms with Crippen LogP contribution < -0.4 is 19.7 Å². The first kappa shape index (κ1) is 19.8. The van der Waals surface area contributed by atoms with E-state index in [9.17, 15) is 9.59 Å². The largest absolute Gasteiger partial charge is 0.493 e. The standard InChI is InChI=1S/C20H21N3O4/c1-14(24)23(17-8-9-18(26-2)19(12-17)27-3)11-10-20(25)22-16-6-4-15(13-21)5-7-16/h4-9,12H,10-11H2,1-3H3,(H,22,25). The van der Waals surface area contributed by atoms with Gasteiger partial charge in [-0.05, 0) is 36.4 Å². The van der Waals surface area contributed by atoms with Crippen LogP contribution in [-0.2, 0) is 9.59 Å². The molecule has 0 unspecified atom stereocenters. The van der Waals surface area contributed by atoms with E-state index in [-0.39, 0.29) is 24.8 Å². The number of hydrogen-bond acceptors (Lipinski definition) is 5. The number of ether oxygens (including phenoxy) is 2. The predicted molar refractivity (Wildman–Crippen MR) is 102 cm³/mol. The Morgan fingerprint density at radius 3 is 2.30 bits per heavy atom. The Balaban J connectivity index is 2.04. The van der Waals surface area contributed by atoms with E-state index in [2.05, 4.69) is 5.32 Å². The highest BCUT2D eigenvalue weighted by Gasteiger charge is 2.16. The molecule has 7 heteroatoms. The minimum absolute atomic E-state index is 0.119. The average molecular weight is 367 g/mol. The molecule has 0 fully saturated rings. The van der Waals surface area contributed by atoms with Crippen LogP contribution in [0.1, 0.15) is 18.9 Å². The van der Waals surface area contributed by atoms with Crippen molar-refractivity contribution in [3.63, 3.8) is 0 Å². The van der Waals surface area contributed by atoms with Crippen molar-refractivity contribution in [2.75, 3.05) is 31.0 Å². The fraction of sp³-hybridized carbons (Fsp3) is 0.250. The second-order valence-corrected chi connectivity index (χ2v) is 5.70. The molecular weight excluding hydrogens is 346 g/mol. The molecule has 27 heavy (non-hydrogen) atoms. The van der Waals surface area contributed by atoms with Crippen LogP contribution >= 0.6 is 0 Å². The first-order valence-electron chi connectivity index (χ1n) is 8.28. The third-order valence-electron chi connectivity index (χ3n) is 3.92. The van der Waals surface area contributed by atoms with Crippen molar-refractivity contribution in [3.8, 4) is 17.6 Å². The molecule has 0 atom stereocenters. The summed E-state index contributed by atoms with van der Waals surface area (Å²) < 4.78 is 10.5. The summed E-state index contributed by atoms with van der Waals surface area (Å²) in [7, 11) is 3.05. The Bertz CT molecular complexity index is 857. The maximum Gasteiger partial charge on any atom is 0.226 e. The molecule has 0 radical (unpaired) electrons. The van der Waals surface area contributed by atoms with Gasteiger partial charge in [0.2, 0.25) is 11.8 Å². The Hall–Kier alpha value is -3.53. The van der Waals surface area contributed by atoms with Gasteiger partial charge in [-0.25, -0.2) is 0 Å². The first-order valence-corrected chi connectivity index (χ1v) is 8.28. The summed E-state index contributed by atoms with van der Waals surface area (Å²) in [5.74, 6) is 0.645. The zero-order chi connectivity index (χ0) is 19.8. The lowest BCUT2D eigenvalue weighted by molar-refractivity contribution is -0.117. The van der Waals surface area contributed by atoms with E-state index in [0.29, 0.717) is 28.4 Å². The summed E-state index contributed by atoms with van der Waals surface area (Å²) in [6, 6.07) is 13.7. The molecule has 2 aromatic rings. The molecule has 7 nitrogen and oxygen atoms in total. The van der Waals surface area contributed by atoms with E-state index in [1.165, 1.54) is 26.0 Å². The third kappa shape index (κ3) is 5.22. The maximum atomic E-state index is 12.2. The highest BCUT2D eigenvalue weighted by molar-refractivity contribution is 5.95. The van der Waals surface area contributed by atoms with E-state index in [4.69, 9.17) is 14.7 Å². The van der Waals surface area contributed by atoms with E-state index in [1.54, 1.807) is 42.5 Å². The highest BCUT2D eigenvalue weighted by Crippen LogP contribution is 2.31. The molecule has 0 spiro atoms. The molecule has 0 saturated carbocycles. The molecule has 0 bridgehead atoms. The van der Waals surface area contributed by atoms with Crippen LogP contribution in [0, 0.1) is 11.3 Å². The van der Waals surface area contributed by atoms with Crippen LogP contribution in [0.25, 0.3) is 0 Å². The lowest BCUT2D eigenvalue weighted by Crippen LogP contribution is -2.32. The topological polar surface area (TPSA) is 91.7 Å². The molecule has 1 N–H and O–H groups in total. The van der Waals surface area contributed by atoms with Gasteiger partial charge in [0, 0.05) is 37.3 Å². The summed E-state index contributed by atoms with van der Waals surface area (Å²) in [4.78, 5) is 25.7. The van der Waals surface area contributed by atoms with Gasteiger partial charge < -0.3 is 19.7 Å². The molecule has 2 aromatic carbocycles. The van der Waals surface area contributed by atoms with Crippen LogP contribution in [0.3, 0.4) is 0 Å². The van der Waals surface area contributed by atoms with Gasteiger partial charge in [-0.3, -0.25) is 9.59 Å². The summed E-state index contributed by atoms with van der Waals surface area (Å²) in [6.07, 6.45) is 0.119. The zero-order valence-corrected chi connectivity index (χ0v) is 15.5. The van der Waals surface area contributed by atoms with Gasteiger partial charge in [-0.1, -0.05) is 0 Å². The van der Waals surface area contributed by atoms with Crippen molar-refractivity contribution in [1.29, 1.82) is 5.26 Å². The maximum absolute atomic E-state index is 12.2. The fourth-order valence-electron chi connectivity index (χ4n) is 2.53. The number of benzene rings is 2. The zero-order valence-electron chi connectivity index (χ0n) is 15.5. The predicted octanol–water partition coefficient (Wildman–Crippen LogP) is 2.96. The number of rotatable bonds is 7. The third-order valence-corrected chi connectivity index (χ3v) is 3.92. The molecule has 0 aliphatic carbocycles. The number of anilines is 2. The molecule has 0 aliphatic rings. The summed E-state index contributed by atoms with van der Waals surface area (Å²) in [6.45, 7) is 1.65. The first-order chi connectivity index (χ1) is 13.0. The SMILES string of the molecule is COc1ccc(N(CCC(=O)Nc2ccc(C#N)cc2)C(C)=O)cc1OC. The number of carbonyl (C=O) groups is 2. The van der Waals surface area contributed by atoms with Gasteiger partial charge in [-0.2, -0.15) is 5.26 Å². The molecule has 0 heterocycles. The molecule has 0 saturated heterocycles. The van der Waals surface area contributed by atoms with Gasteiger partial charge in [0.15, 0.2) is 11.5 Å². The Morgan fingerprint density at radius 1 is 1.07 bits per heavy atom. The van der Waals surface area contributed by atoms with Crippen LogP contribution in [0.2, 0.25) is 0 Å². The normalized spacial score (nSPS) is 9.85. The van der Waals surface area contributed by atoms with Gasteiger partial charge in [0.05, 0.1) is 25.9 Å². The number of hydrogen-bond donors (Lipinski definition) is 1. The van der Waals surface area contributed by atoms with E-state index in [1.807, 2.05) is 6.07 Å². The number of methoxy groups -OCH3 is 2. The van der Waals surface area contributed by atoms with Crippen LogP contribution in [0.5, 0.6) is 11.5 Å². The lowest BCUT2D eigenvalue weighted by Gasteiger charge is -2.22. The number of nitrogens with one attached hydrogen (secondary N) is 1. The second-order valence-electron chi connectivity index (χ2n) is 5.70. The fourth-order valence-corrected chi connectivity index (χ4v) is 2.53. The van der Waals surface area contributed by atoms with Gasteiger partial charge in [-0.15, -0.1) is 0 Å². The molecule has 2 rings (SSSR count).